The van der Waals surface area contributed by atoms with E-state index in [1.165, 1.54) is 0 Å². The fourth-order valence-corrected chi connectivity index (χ4v) is 1.03. The molecule has 0 heterocycles. The Hall–Kier alpha value is -1.90. The maximum absolute atomic E-state index is 7.50. The molecule has 2 rings (SSSR count). The van der Waals surface area contributed by atoms with Crippen LogP contribution in [0.4, 0.5) is 0 Å². The van der Waals surface area contributed by atoms with Gasteiger partial charge in [0.05, 0.1) is 0 Å². The Kier molecular flexibility index (Phi) is 73.4. The van der Waals surface area contributed by atoms with Gasteiger partial charge in [0.25, 0.3) is 0 Å². The van der Waals surface area contributed by atoms with Crippen molar-refractivity contribution in [2.45, 2.75) is 0 Å². The van der Waals surface area contributed by atoms with Crippen molar-refractivity contribution >= 4 is 4.57 Å². The van der Waals surface area contributed by atoms with E-state index in [9.17, 15) is 0 Å². The van der Waals surface area contributed by atoms with Crippen molar-refractivity contribution < 1.29 is 60.9 Å². The molecule has 27 heavy (non-hydrogen) atoms. The van der Waals surface area contributed by atoms with Gasteiger partial charge < -0.3 is 0 Å². The summed E-state index contributed by atoms with van der Waals surface area (Å²) >= 11 is 2.71. The van der Waals surface area contributed by atoms with Crippen LogP contribution in [0.2, 0.25) is 0 Å². The quantitative estimate of drug-likeness (QED) is 0.263. The molecule has 6 nitrogen and oxygen atoms in total. The summed E-state index contributed by atoms with van der Waals surface area (Å²) in [4.78, 5) is 0. The minimum Gasteiger partial charge on any atom is -0.0767 e. The molecule has 0 atom stereocenters. The first-order valence-corrected chi connectivity index (χ1v) is 6.47. The molecule has 0 saturated heterocycles. The summed E-state index contributed by atoms with van der Waals surface area (Å²) in [6.45, 7) is 22.5. The average molecular weight is 444 g/mol. The van der Waals surface area contributed by atoms with E-state index in [-0.39, 0.29) is 17.1 Å². The second-order valence-corrected chi connectivity index (χ2v) is 3.46. The third kappa shape index (κ3) is 40.3. The Bertz CT molecular complexity index is 578. The minimum absolute atomic E-state index is 0. The van der Waals surface area contributed by atoms with E-state index in [1.54, 1.807) is 7.11 Å². The molecule has 138 valence electrons. The zero-order valence-corrected chi connectivity index (χ0v) is 16.3. The predicted molar refractivity (Wildman–Crippen MR) is 83.5 cm³/mol. The van der Waals surface area contributed by atoms with Gasteiger partial charge in [0.1, 0.15) is 0 Å². The Labute approximate surface area is 178 Å². The van der Waals surface area contributed by atoms with Crippen LogP contribution >= 0.6 is 0 Å². The number of ether oxygens (including phenoxy) is 1. The van der Waals surface area contributed by atoms with Crippen LogP contribution in [0.25, 0.3) is 0 Å². The first-order valence-electron chi connectivity index (χ1n) is 5.83. The van der Waals surface area contributed by atoms with Gasteiger partial charge >= 0.3 is 131 Å². The van der Waals surface area contributed by atoms with Gasteiger partial charge in [0, 0.05) is 23.5 Å². The summed E-state index contributed by atoms with van der Waals surface area (Å²) in [6.07, 6.45) is 17.8. The normalized spacial score (nSPS) is 9.22. The van der Waals surface area contributed by atoms with Crippen LogP contribution in [-0.4, -0.2) is 11.7 Å². The zero-order valence-electron chi connectivity index (χ0n) is 13.9. The molecule has 0 bridgehead atoms. The van der Waals surface area contributed by atoms with Gasteiger partial charge in [-0.15, -0.1) is 0 Å². The van der Waals surface area contributed by atoms with Gasteiger partial charge in [-0.3, -0.25) is 0 Å². The van der Waals surface area contributed by atoms with E-state index < -0.39 is 0 Å². The number of allylic oxidation sites excluding steroid dienone is 8. The third-order valence-electron chi connectivity index (χ3n) is 1.71. The fourth-order valence-electron chi connectivity index (χ4n) is 0.952. The molecule has 0 amide bonds. The van der Waals surface area contributed by atoms with Crippen LogP contribution in [0.1, 0.15) is 0 Å². The van der Waals surface area contributed by atoms with Crippen LogP contribution in [0.15, 0.2) is 48.1 Å². The largest absolute Gasteiger partial charge is 0.0767 e. The molecule has 2 radical (unpaired) electrons. The maximum Gasteiger partial charge on any atom is 0.00506 e. The molecule has 0 aromatic rings. The molecule has 0 aromatic carbocycles. The number of hydrogen-bond donors (Lipinski definition) is 0. The molecular formula is C19H12CrFeO6. The van der Waals surface area contributed by atoms with E-state index in [0.29, 0.717) is 4.57 Å². The average Bonchev–Trinajstić information content (AvgIpc) is 3.50. The molecule has 2 aliphatic carbocycles. The topological polar surface area (TPSA) is 109 Å². The van der Waals surface area contributed by atoms with Crippen LogP contribution < -0.4 is 0 Å². The van der Waals surface area contributed by atoms with E-state index in [0.717, 1.165) is 5.57 Å². The second kappa shape index (κ2) is 49.6. The molecule has 0 N–H and O–H groups in total. The van der Waals surface area contributed by atoms with E-state index in [1.807, 2.05) is 55.4 Å². The Morgan fingerprint density at radius 3 is 1.52 bits per heavy atom. The minimum atomic E-state index is 0. The van der Waals surface area contributed by atoms with E-state index in [4.69, 9.17) is 28.0 Å². The Morgan fingerprint density at radius 1 is 0.815 bits per heavy atom. The zero-order chi connectivity index (χ0) is 21.6. The Morgan fingerprint density at radius 2 is 1.26 bits per heavy atom. The first kappa shape index (κ1) is 40.0. The van der Waals surface area contributed by atoms with Gasteiger partial charge in [-0.25, -0.2) is 0 Å². The van der Waals surface area contributed by atoms with Crippen molar-refractivity contribution in [3.8, 4) is 11.8 Å². The number of methoxy groups -OCH3 is 1. The second-order valence-electron chi connectivity index (χ2n) is 2.88. The van der Waals surface area contributed by atoms with Crippen molar-refractivity contribution in [1.82, 2.24) is 0 Å². The van der Waals surface area contributed by atoms with Crippen LogP contribution in [0.3, 0.4) is 0 Å². The molecule has 0 spiro atoms. The molecular weight excluding hydrogens is 432 g/mol. The summed E-state index contributed by atoms with van der Waals surface area (Å²) in [5.74, 6) is 5.76. The molecule has 0 saturated carbocycles. The monoisotopic (exact) mass is 444 g/mol. The van der Waals surface area contributed by atoms with Crippen LogP contribution in [0.5, 0.6) is 0 Å². The summed E-state index contributed by atoms with van der Waals surface area (Å²) in [5, 5.41) is 0. The molecule has 0 aromatic heterocycles. The van der Waals surface area contributed by atoms with E-state index in [2.05, 4.69) is 60.9 Å². The van der Waals surface area contributed by atoms with E-state index >= 15 is 0 Å². The third-order valence-corrected chi connectivity index (χ3v) is 2.13. The summed E-state index contributed by atoms with van der Waals surface area (Å²) in [6, 6.07) is 0. The standard InChI is InChI=1S/C9H7O.C5H5.5CO.Cr.Fe/c1-10-8-4-7-9-5-2-3-6-9;1-2-4-5-3-1;5*1-2;;/h2-3,5-6H,1H3;1-5H;;;;;;;. The SMILES string of the molecule is CO[C](=[Cr])C#CC1=C[CH]C=C1.[C-]#[O+].[C-]#[O+].[C-]#[O+].[C-]#[O+].[C-]#[O+].[CH]1C=CC=C1.[Fe]. The predicted octanol–water partition coefficient (Wildman–Crippen LogP) is 2.14. The van der Waals surface area contributed by atoms with Gasteiger partial charge in [0.15, 0.2) is 0 Å². The van der Waals surface area contributed by atoms with Crippen LogP contribution in [0, 0.1) is 57.9 Å². The molecule has 0 aliphatic heterocycles. The first-order chi connectivity index (χ1) is 12.8. The molecule has 2 aliphatic rings. The maximum atomic E-state index is 7.50. The fraction of sp³-hybridized carbons (Fsp3) is 0.0526. The van der Waals surface area contributed by atoms with Gasteiger partial charge in [-0.1, -0.05) is 24.3 Å². The van der Waals surface area contributed by atoms with Gasteiger partial charge in [-0.2, -0.15) is 0 Å². The van der Waals surface area contributed by atoms with Crippen molar-refractivity contribution in [3.05, 3.63) is 94.2 Å². The van der Waals surface area contributed by atoms with Crippen molar-refractivity contribution in [2.75, 3.05) is 7.11 Å². The van der Waals surface area contributed by atoms with Gasteiger partial charge in [-0.05, 0) is 0 Å². The molecule has 8 heteroatoms. The van der Waals surface area contributed by atoms with Crippen molar-refractivity contribution in [3.63, 3.8) is 0 Å². The Balaban J connectivity index is -0.0000000585. The van der Waals surface area contributed by atoms with Gasteiger partial charge in [0.2, 0.25) is 0 Å². The smallest absolute Gasteiger partial charge is 0.00506 e. The van der Waals surface area contributed by atoms with Crippen molar-refractivity contribution in [2.24, 2.45) is 0 Å². The van der Waals surface area contributed by atoms with Crippen molar-refractivity contribution in [1.29, 1.82) is 0 Å². The summed E-state index contributed by atoms with van der Waals surface area (Å²) < 4.78 is 43.0. The molecule has 0 unspecified atom stereocenters. The summed E-state index contributed by atoms with van der Waals surface area (Å²) in [5.41, 5.74) is 1.01. The summed E-state index contributed by atoms with van der Waals surface area (Å²) in [7, 11) is 1.59. The number of hydrogen-bond acceptors (Lipinski definition) is 1. The van der Waals surface area contributed by atoms with Crippen LogP contribution in [-0.2, 0) is 60.9 Å². The molecule has 0 fully saturated rings. The number of rotatable bonds is 1.